The molecule has 0 saturated carbocycles. The van der Waals surface area contributed by atoms with Crippen molar-refractivity contribution >= 4 is 65.1 Å². The number of nitrogens with two attached hydrogens (primary N) is 1. The summed E-state index contributed by atoms with van der Waals surface area (Å²) >= 11 is 2.71. The van der Waals surface area contributed by atoms with Crippen LogP contribution in [0, 0.1) is 0 Å². The summed E-state index contributed by atoms with van der Waals surface area (Å²) in [4.78, 5) is 83.1. The van der Waals surface area contributed by atoms with Crippen LogP contribution in [-0.4, -0.2) is 109 Å². The molecular weight excluding hydrogens is 632 g/mol. The standard InChI is InChI=1S/C18H18N2O6S.C10H12N2O5S/c1-10(21)26-8-12-9-27-17-14(16(23)20(17)15(12)18(24)25)19-13(22)7-11-5-3-2-4-6-11;1-4(13)17-2-5-3-18-9-6(11)8(14)12(9)7(5)10(15)16/h2-6,14,17H,7-9H2,1H3,(H,19,22)(H,24,25);6,9H,2-3,11H2,1H3,(H,15,16)/t14-,17-;6-,9-/m11/s1. The lowest BCUT2D eigenvalue weighted by Crippen LogP contribution is -2.70. The second-order valence-corrected chi connectivity index (χ2v) is 12.3. The summed E-state index contributed by atoms with van der Waals surface area (Å²) in [6.45, 7) is 2.18. The molecule has 5 rings (SSSR count). The number of esters is 2. The molecule has 5 N–H and O–H groups in total. The number of benzene rings is 1. The summed E-state index contributed by atoms with van der Waals surface area (Å²) in [7, 11) is 0. The number of hydrogen-bond acceptors (Lipinski definition) is 12. The highest BCUT2D eigenvalue weighted by atomic mass is 32.2. The molecule has 4 aliphatic rings. The summed E-state index contributed by atoms with van der Waals surface area (Å²) in [6.07, 6.45) is 0.140. The van der Waals surface area contributed by atoms with Gasteiger partial charge in [-0.1, -0.05) is 30.3 Å². The van der Waals surface area contributed by atoms with E-state index in [-0.39, 0.29) is 42.3 Å². The van der Waals surface area contributed by atoms with Crippen molar-refractivity contribution in [2.24, 2.45) is 5.73 Å². The molecular formula is C28H30N4O11S2. The van der Waals surface area contributed by atoms with Gasteiger partial charge in [-0.25, -0.2) is 9.59 Å². The Labute approximate surface area is 265 Å². The zero-order valence-electron chi connectivity index (χ0n) is 24.1. The average molecular weight is 663 g/mol. The lowest BCUT2D eigenvalue weighted by atomic mass is 10.0. The van der Waals surface area contributed by atoms with Gasteiger partial charge in [-0.05, 0) is 5.56 Å². The number of nitrogens with one attached hydrogen (secondary N) is 1. The van der Waals surface area contributed by atoms with Crippen molar-refractivity contribution in [2.75, 3.05) is 24.7 Å². The van der Waals surface area contributed by atoms with Crippen molar-refractivity contribution < 1.29 is 53.2 Å². The van der Waals surface area contributed by atoms with Gasteiger partial charge in [-0.15, -0.1) is 23.5 Å². The first kappa shape index (κ1) is 33.5. The van der Waals surface area contributed by atoms with E-state index in [1.165, 1.54) is 42.3 Å². The number of carbonyl (C=O) groups excluding carboxylic acids is 5. The Kier molecular flexibility index (Phi) is 10.6. The molecule has 0 aromatic heterocycles. The topological polar surface area (TPSA) is 223 Å². The number of carboxylic acids is 2. The van der Waals surface area contributed by atoms with Gasteiger partial charge in [0.1, 0.15) is 47.4 Å². The zero-order chi connectivity index (χ0) is 33.0. The van der Waals surface area contributed by atoms with Gasteiger partial charge in [0.15, 0.2) is 0 Å². The fourth-order valence-corrected chi connectivity index (χ4v) is 7.47. The normalized spacial score (nSPS) is 23.4. The van der Waals surface area contributed by atoms with Crippen LogP contribution in [0.4, 0.5) is 0 Å². The number of thioether (sulfide) groups is 2. The number of hydrogen-bond donors (Lipinski definition) is 4. The molecule has 0 spiro atoms. The summed E-state index contributed by atoms with van der Waals surface area (Å²) in [5, 5.41) is 20.5. The predicted octanol–water partition coefficient (Wildman–Crippen LogP) is -0.339. The molecule has 1 aromatic carbocycles. The minimum Gasteiger partial charge on any atom is -0.477 e. The molecule has 15 nitrogen and oxygen atoms in total. The summed E-state index contributed by atoms with van der Waals surface area (Å²) < 4.78 is 9.67. The number of carboxylic acid groups (broad SMARTS) is 2. The van der Waals surface area contributed by atoms with E-state index in [4.69, 9.17) is 20.3 Å². The second kappa shape index (κ2) is 14.2. The molecule has 3 amide bonds. The highest BCUT2D eigenvalue weighted by Crippen LogP contribution is 2.41. The maximum atomic E-state index is 12.5. The Morgan fingerprint density at radius 1 is 0.844 bits per heavy atom. The van der Waals surface area contributed by atoms with Crippen LogP contribution in [0.2, 0.25) is 0 Å². The van der Waals surface area contributed by atoms with E-state index in [1.807, 2.05) is 30.3 Å². The van der Waals surface area contributed by atoms with Crippen molar-refractivity contribution in [1.29, 1.82) is 0 Å². The van der Waals surface area contributed by atoms with Crippen molar-refractivity contribution in [3.05, 3.63) is 58.4 Å². The van der Waals surface area contributed by atoms with Crippen LogP contribution < -0.4 is 11.1 Å². The summed E-state index contributed by atoms with van der Waals surface area (Å²) in [5.41, 5.74) is 6.92. The van der Waals surface area contributed by atoms with Gasteiger partial charge in [0.25, 0.3) is 5.91 Å². The van der Waals surface area contributed by atoms with Gasteiger partial charge >= 0.3 is 23.9 Å². The number of rotatable bonds is 9. The van der Waals surface area contributed by atoms with Gasteiger partial charge < -0.3 is 30.7 Å². The summed E-state index contributed by atoms with van der Waals surface area (Å²) in [5.74, 6) is -3.99. The van der Waals surface area contributed by atoms with E-state index in [9.17, 15) is 38.7 Å². The summed E-state index contributed by atoms with van der Waals surface area (Å²) in [6, 6.07) is 7.71. The van der Waals surface area contributed by atoms with Gasteiger partial charge in [-0.2, -0.15) is 0 Å². The molecule has 0 bridgehead atoms. The van der Waals surface area contributed by atoms with E-state index in [0.29, 0.717) is 22.7 Å². The largest absolute Gasteiger partial charge is 0.477 e. The maximum absolute atomic E-state index is 12.5. The number of β-lactam (4-membered cyclic amide) rings is 2. The van der Waals surface area contributed by atoms with Gasteiger partial charge in [0, 0.05) is 36.5 Å². The Bertz CT molecular complexity index is 1500. The molecule has 240 valence electrons. The van der Waals surface area contributed by atoms with Crippen LogP contribution in [0.1, 0.15) is 19.4 Å². The SMILES string of the molecule is CC(=O)OCC1=C(C(=O)O)N2C(=O)[C@@H](N)[C@H]2SC1.CC(=O)OCC1=C(C(=O)O)N2C(=O)[C@@H](NC(=O)Cc3ccccc3)[C@H]2SC1. The quantitative estimate of drug-likeness (QED) is 0.196. The first-order chi connectivity index (χ1) is 21.3. The molecule has 0 aliphatic carbocycles. The smallest absolute Gasteiger partial charge is 0.352 e. The number of nitrogens with zero attached hydrogens (tertiary/aromatic N) is 2. The Balaban J connectivity index is 0.000000222. The van der Waals surface area contributed by atoms with Crippen LogP contribution in [0.15, 0.2) is 52.9 Å². The minimum absolute atomic E-state index is 0.105. The average Bonchev–Trinajstić information content (AvgIpc) is 3.00. The van der Waals surface area contributed by atoms with Crippen LogP contribution in [0.3, 0.4) is 0 Å². The fraction of sp³-hybridized carbons (Fsp3) is 0.393. The van der Waals surface area contributed by atoms with Crippen molar-refractivity contribution in [1.82, 2.24) is 15.1 Å². The van der Waals surface area contributed by atoms with Crippen LogP contribution in [0.5, 0.6) is 0 Å². The highest BCUT2D eigenvalue weighted by Gasteiger charge is 2.54. The Morgan fingerprint density at radius 3 is 1.82 bits per heavy atom. The van der Waals surface area contributed by atoms with Crippen LogP contribution in [0.25, 0.3) is 0 Å². The first-order valence-electron chi connectivity index (χ1n) is 13.5. The number of fused-ring (bicyclic) bond motifs is 2. The number of carbonyl (C=O) groups is 7. The predicted molar refractivity (Wildman–Crippen MR) is 159 cm³/mol. The molecule has 45 heavy (non-hydrogen) atoms. The molecule has 2 fully saturated rings. The first-order valence-corrected chi connectivity index (χ1v) is 15.6. The van der Waals surface area contributed by atoms with E-state index in [1.54, 1.807) is 0 Å². The van der Waals surface area contributed by atoms with Gasteiger partial charge in [-0.3, -0.25) is 33.8 Å². The second-order valence-electron chi connectivity index (χ2n) is 10.1. The zero-order valence-corrected chi connectivity index (χ0v) is 25.7. The van der Waals surface area contributed by atoms with E-state index < -0.39 is 53.1 Å². The molecule has 1 aromatic rings. The van der Waals surface area contributed by atoms with Crippen molar-refractivity contribution in [3.63, 3.8) is 0 Å². The van der Waals surface area contributed by atoms with E-state index in [0.717, 1.165) is 10.5 Å². The van der Waals surface area contributed by atoms with E-state index in [2.05, 4.69) is 5.32 Å². The van der Waals surface area contributed by atoms with Crippen molar-refractivity contribution in [3.8, 4) is 0 Å². The van der Waals surface area contributed by atoms with E-state index >= 15 is 0 Å². The molecule has 0 radical (unpaired) electrons. The van der Waals surface area contributed by atoms with Crippen LogP contribution in [-0.2, 0) is 49.5 Å². The highest BCUT2D eigenvalue weighted by molar-refractivity contribution is 8.00. The molecule has 4 aliphatic heterocycles. The number of amides is 3. The fourth-order valence-electron chi connectivity index (χ4n) is 4.87. The van der Waals surface area contributed by atoms with Crippen LogP contribution >= 0.6 is 23.5 Å². The number of ether oxygens (including phenoxy) is 2. The van der Waals surface area contributed by atoms with Gasteiger partial charge in [0.05, 0.1) is 6.42 Å². The Hall–Kier alpha value is -4.35. The maximum Gasteiger partial charge on any atom is 0.352 e. The molecule has 4 atom stereocenters. The lowest BCUT2D eigenvalue weighted by molar-refractivity contribution is -0.151. The molecule has 0 unspecified atom stereocenters. The number of aliphatic carboxylic acids is 2. The third-order valence-electron chi connectivity index (χ3n) is 6.96. The molecule has 4 heterocycles. The minimum atomic E-state index is -1.26. The monoisotopic (exact) mass is 662 g/mol. The Morgan fingerprint density at radius 2 is 1.33 bits per heavy atom. The lowest BCUT2D eigenvalue weighted by Gasteiger charge is -2.49. The third-order valence-corrected chi connectivity index (χ3v) is 9.66. The van der Waals surface area contributed by atoms with Gasteiger partial charge in [0.2, 0.25) is 11.8 Å². The molecule has 17 heteroatoms. The molecule has 2 saturated heterocycles. The third kappa shape index (κ3) is 7.32. The van der Waals surface area contributed by atoms with Crippen molar-refractivity contribution in [2.45, 2.75) is 43.1 Å².